The van der Waals surface area contributed by atoms with Crippen LogP contribution in [0.3, 0.4) is 0 Å². The van der Waals surface area contributed by atoms with Crippen molar-refractivity contribution < 1.29 is 31.9 Å². The molecule has 4 fully saturated rings. The zero-order valence-electron chi connectivity index (χ0n) is 25.1. The fourth-order valence-electron chi connectivity index (χ4n) is 7.83. The minimum absolute atomic E-state index is 0.156. The van der Waals surface area contributed by atoms with Crippen molar-refractivity contribution in [3.05, 3.63) is 34.1 Å². The van der Waals surface area contributed by atoms with Crippen molar-refractivity contribution >= 4 is 23.6 Å². The predicted octanol–water partition coefficient (Wildman–Crippen LogP) is 7.78. The van der Waals surface area contributed by atoms with Crippen LogP contribution in [0.2, 0.25) is 5.02 Å². The van der Waals surface area contributed by atoms with Crippen molar-refractivity contribution in [1.82, 2.24) is 14.7 Å². The van der Waals surface area contributed by atoms with E-state index in [1.165, 1.54) is 37.0 Å². The third-order valence-corrected chi connectivity index (χ3v) is 10.7. The van der Waals surface area contributed by atoms with Crippen molar-refractivity contribution in [2.45, 2.75) is 102 Å². The van der Waals surface area contributed by atoms with Crippen LogP contribution >= 0.6 is 11.6 Å². The molecule has 0 aromatic heterocycles. The number of hydrogen-bond donors (Lipinski definition) is 0. The van der Waals surface area contributed by atoms with Crippen LogP contribution in [0, 0.1) is 17.7 Å². The summed E-state index contributed by atoms with van der Waals surface area (Å²) in [6, 6.07) is 1.65. The van der Waals surface area contributed by atoms with Crippen molar-refractivity contribution in [3.8, 4) is 0 Å². The van der Waals surface area contributed by atoms with E-state index in [0.29, 0.717) is 30.7 Å². The van der Waals surface area contributed by atoms with Gasteiger partial charge in [-0.25, -0.2) is 9.18 Å². The van der Waals surface area contributed by atoms with Gasteiger partial charge in [0.25, 0.3) is 5.91 Å². The van der Waals surface area contributed by atoms with Crippen LogP contribution in [0.4, 0.5) is 22.4 Å². The third kappa shape index (κ3) is 7.10. The molecule has 1 aromatic rings. The summed E-state index contributed by atoms with van der Waals surface area (Å²) in [6.45, 7) is 5.74. The van der Waals surface area contributed by atoms with Crippen molar-refractivity contribution in [3.63, 3.8) is 0 Å². The molecule has 0 radical (unpaired) electrons. The van der Waals surface area contributed by atoms with Crippen LogP contribution in [0.1, 0.15) is 99.9 Å². The number of rotatable bonds is 7. The molecule has 0 N–H and O–H groups in total. The largest absolute Gasteiger partial charge is 0.442 e. The Hall–Kier alpha value is -2.07. The smallest absolute Gasteiger partial charge is 0.417 e. The molecule has 11 heteroatoms. The van der Waals surface area contributed by atoms with Crippen LogP contribution in [0.5, 0.6) is 0 Å². The highest BCUT2D eigenvalue weighted by Gasteiger charge is 2.50. The van der Waals surface area contributed by atoms with E-state index >= 15 is 0 Å². The molecule has 2 amide bonds. The molecule has 4 aliphatic rings. The molecule has 5 rings (SSSR count). The molecular weight excluding hydrogens is 586 g/mol. The van der Waals surface area contributed by atoms with Crippen molar-refractivity contribution in [2.24, 2.45) is 11.8 Å². The van der Waals surface area contributed by atoms with Gasteiger partial charge in [0, 0.05) is 64.1 Å². The topological polar surface area (TPSA) is 53.1 Å². The average molecular weight is 630 g/mol. The minimum Gasteiger partial charge on any atom is -0.442 e. The van der Waals surface area contributed by atoms with Gasteiger partial charge in [-0.15, -0.1) is 0 Å². The van der Waals surface area contributed by atoms with E-state index < -0.39 is 39.7 Å². The van der Waals surface area contributed by atoms with Gasteiger partial charge in [0.2, 0.25) is 0 Å². The summed E-state index contributed by atoms with van der Waals surface area (Å²) >= 11 is 5.75. The number of piperidine rings is 2. The summed E-state index contributed by atoms with van der Waals surface area (Å²) in [5, 5.41) is -0.508. The zero-order valence-corrected chi connectivity index (χ0v) is 25.8. The van der Waals surface area contributed by atoms with Crippen molar-refractivity contribution in [2.75, 3.05) is 39.3 Å². The minimum atomic E-state index is -4.87. The van der Waals surface area contributed by atoms with Crippen LogP contribution in [-0.2, 0) is 10.9 Å². The van der Waals surface area contributed by atoms with E-state index in [2.05, 4.69) is 11.8 Å². The van der Waals surface area contributed by atoms with Gasteiger partial charge in [0.1, 0.15) is 5.60 Å². The van der Waals surface area contributed by atoms with Gasteiger partial charge in [-0.3, -0.25) is 9.69 Å². The van der Waals surface area contributed by atoms with E-state index in [-0.39, 0.29) is 25.2 Å². The summed E-state index contributed by atoms with van der Waals surface area (Å²) in [5.41, 5.74) is -2.77. The summed E-state index contributed by atoms with van der Waals surface area (Å²) in [5.74, 6) is -1.45. The number of halogens is 5. The standard InChI is InChI=1S/C32H44ClF4N3O3/c1-2-3-9-23-21-40(20-22-7-5-4-6-8-22)30(42)43-31(23)14-18-38(19-15-31)24-12-16-39(17-13-24)29(41)27-25(32(35,36)37)10-11-26(33)28(27)34/h10-11,22-24H,2-9,12-21H2,1H3. The average Bonchev–Trinajstić information content (AvgIpc) is 2.99. The first-order chi connectivity index (χ1) is 20.5. The third-order valence-electron chi connectivity index (χ3n) is 10.4. The number of likely N-dealkylation sites (tertiary alicyclic amines) is 2. The SMILES string of the molecule is CCCCC1CN(CC2CCCCC2)C(=O)OC12CCN(C1CCN(C(=O)c3c(C(F)(F)F)ccc(Cl)c3F)CC1)CC2. The predicted molar refractivity (Wildman–Crippen MR) is 157 cm³/mol. The molecule has 1 saturated carbocycles. The summed E-state index contributed by atoms with van der Waals surface area (Å²) in [6.07, 6.45) is 6.99. The maximum Gasteiger partial charge on any atom is 0.417 e. The Morgan fingerprint density at radius 3 is 2.35 bits per heavy atom. The molecule has 0 bridgehead atoms. The maximum absolute atomic E-state index is 14.7. The first kappa shape index (κ1) is 32.3. The maximum atomic E-state index is 14.7. The van der Waals surface area contributed by atoms with Gasteiger partial charge in [0.05, 0.1) is 16.1 Å². The Morgan fingerprint density at radius 1 is 1.05 bits per heavy atom. The lowest BCUT2D eigenvalue weighted by Crippen LogP contribution is -2.61. The molecule has 1 spiro atoms. The van der Waals surface area contributed by atoms with Gasteiger partial charge in [-0.1, -0.05) is 50.6 Å². The number of carbonyl (C=O) groups excluding carboxylic acids is 2. The number of amides is 2. The van der Waals surface area contributed by atoms with E-state index in [9.17, 15) is 27.2 Å². The number of benzene rings is 1. The van der Waals surface area contributed by atoms with Crippen LogP contribution in [0.25, 0.3) is 0 Å². The second-order valence-corrected chi connectivity index (χ2v) is 13.4. The summed E-state index contributed by atoms with van der Waals surface area (Å²) in [7, 11) is 0. The number of hydrogen-bond acceptors (Lipinski definition) is 4. The number of nitrogens with zero attached hydrogens (tertiary/aromatic N) is 3. The molecule has 3 heterocycles. The Labute approximate surface area is 257 Å². The van der Waals surface area contributed by atoms with Crippen LogP contribution in [0.15, 0.2) is 12.1 Å². The van der Waals surface area contributed by atoms with E-state index in [1.54, 1.807) is 0 Å². The summed E-state index contributed by atoms with van der Waals surface area (Å²) < 4.78 is 61.7. The molecular formula is C32H44ClF4N3O3. The lowest BCUT2D eigenvalue weighted by Gasteiger charge is -2.52. The van der Waals surface area contributed by atoms with E-state index in [1.807, 2.05) is 4.90 Å². The monoisotopic (exact) mass is 629 g/mol. The second-order valence-electron chi connectivity index (χ2n) is 13.0. The van der Waals surface area contributed by atoms with Crippen LogP contribution < -0.4 is 0 Å². The lowest BCUT2D eigenvalue weighted by atomic mass is 9.75. The Bertz CT molecular complexity index is 1140. The number of ether oxygens (including phenoxy) is 1. The normalized spacial score (nSPS) is 24.4. The van der Waals surface area contributed by atoms with Crippen LogP contribution in [-0.4, -0.2) is 77.6 Å². The molecule has 1 unspecified atom stereocenters. The molecule has 1 atom stereocenters. The highest BCUT2D eigenvalue weighted by atomic mass is 35.5. The van der Waals surface area contributed by atoms with E-state index in [0.717, 1.165) is 64.3 Å². The zero-order chi connectivity index (χ0) is 30.8. The fraction of sp³-hybridized carbons (Fsp3) is 0.750. The first-order valence-corrected chi connectivity index (χ1v) is 16.5. The molecule has 3 saturated heterocycles. The Morgan fingerprint density at radius 2 is 1.72 bits per heavy atom. The van der Waals surface area contributed by atoms with Gasteiger partial charge in [-0.2, -0.15) is 13.2 Å². The van der Waals surface area contributed by atoms with Gasteiger partial charge >= 0.3 is 12.3 Å². The highest BCUT2D eigenvalue weighted by molar-refractivity contribution is 6.31. The lowest BCUT2D eigenvalue weighted by molar-refractivity contribution is -0.138. The molecule has 240 valence electrons. The first-order valence-electron chi connectivity index (χ1n) is 16.1. The summed E-state index contributed by atoms with van der Waals surface area (Å²) in [4.78, 5) is 32.0. The fourth-order valence-corrected chi connectivity index (χ4v) is 7.99. The highest BCUT2D eigenvalue weighted by Crippen LogP contribution is 2.42. The molecule has 3 aliphatic heterocycles. The van der Waals surface area contributed by atoms with Gasteiger partial charge < -0.3 is 14.5 Å². The number of unbranched alkanes of at least 4 members (excludes halogenated alkanes) is 1. The van der Waals surface area contributed by atoms with Gasteiger partial charge in [0.15, 0.2) is 5.82 Å². The van der Waals surface area contributed by atoms with Gasteiger partial charge in [-0.05, 0) is 50.2 Å². The Balaban J connectivity index is 1.19. The van der Waals surface area contributed by atoms with E-state index in [4.69, 9.17) is 16.3 Å². The van der Waals surface area contributed by atoms with Crippen molar-refractivity contribution in [1.29, 1.82) is 0 Å². The Kier molecular flexibility index (Phi) is 10.2. The molecule has 6 nitrogen and oxygen atoms in total. The number of alkyl halides is 3. The molecule has 43 heavy (non-hydrogen) atoms. The molecule has 1 aromatic carbocycles. The quantitative estimate of drug-likeness (QED) is 0.289. The molecule has 1 aliphatic carbocycles. The second kappa shape index (κ2) is 13.5. The number of carbonyl (C=O) groups is 2.